The molecular formula is C15H17F6N. The third kappa shape index (κ3) is 4.63. The van der Waals surface area contributed by atoms with Crippen molar-refractivity contribution in [3.63, 3.8) is 0 Å². The van der Waals surface area contributed by atoms with Gasteiger partial charge in [0, 0.05) is 12.6 Å². The van der Waals surface area contributed by atoms with Crippen LogP contribution in [0.4, 0.5) is 26.3 Å². The summed E-state index contributed by atoms with van der Waals surface area (Å²) in [5.41, 5.74) is -0.326. The number of nitrogens with one attached hydrogen (secondary N) is 1. The maximum atomic E-state index is 12.7. The number of hydrogen-bond donors (Lipinski definition) is 1. The Morgan fingerprint density at radius 1 is 1.05 bits per heavy atom. The second kappa shape index (κ2) is 6.48. The molecule has 0 aromatic heterocycles. The zero-order chi connectivity index (χ0) is 16.4. The van der Waals surface area contributed by atoms with Crippen LogP contribution in [-0.2, 0) is 12.7 Å². The molecule has 1 saturated carbocycles. The molecule has 1 fully saturated rings. The fraction of sp³-hybridized carbons (Fsp3) is 0.600. The Morgan fingerprint density at radius 3 is 2.41 bits per heavy atom. The van der Waals surface area contributed by atoms with Gasteiger partial charge in [0.25, 0.3) is 0 Å². The molecular weight excluding hydrogens is 308 g/mol. The van der Waals surface area contributed by atoms with E-state index in [2.05, 4.69) is 5.32 Å². The highest BCUT2D eigenvalue weighted by Crippen LogP contribution is 2.37. The Morgan fingerprint density at radius 2 is 1.77 bits per heavy atom. The minimum Gasteiger partial charge on any atom is -0.310 e. The van der Waals surface area contributed by atoms with Gasteiger partial charge in [-0.25, -0.2) is 0 Å². The maximum Gasteiger partial charge on any atom is 0.416 e. The first-order chi connectivity index (χ1) is 10.2. The van der Waals surface area contributed by atoms with Gasteiger partial charge in [-0.05, 0) is 30.9 Å². The monoisotopic (exact) mass is 325 g/mol. The zero-order valence-corrected chi connectivity index (χ0v) is 11.8. The highest BCUT2D eigenvalue weighted by atomic mass is 19.4. The fourth-order valence-electron chi connectivity index (χ4n) is 2.79. The van der Waals surface area contributed by atoms with Crippen LogP contribution in [-0.4, -0.2) is 12.2 Å². The average molecular weight is 325 g/mol. The first-order valence-corrected chi connectivity index (χ1v) is 7.12. The molecule has 0 spiro atoms. The predicted octanol–water partition coefficient (Wildman–Crippen LogP) is 4.92. The van der Waals surface area contributed by atoms with Crippen LogP contribution >= 0.6 is 0 Å². The van der Waals surface area contributed by atoms with Gasteiger partial charge in [0.05, 0.1) is 11.5 Å². The highest BCUT2D eigenvalue weighted by Gasteiger charge is 2.42. The smallest absolute Gasteiger partial charge is 0.310 e. The van der Waals surface area contributed by atoms with Crippen LogP contribution in [0.25, 0.3) is 0 Å². The standard InChI is InChI=1S/C15H17F6N/c16-14(17,18)11-4-1-3-10(7-11)9-22-13-6-2-5-12(8-13)15(19,20)21/h1,3-4,7,12-13,22H,2,5-6,8-9H2. The van der Waals surface area contributed by atoms with Crippen molar-refractivity contribution in [3.8, 4) is 0 Å². The summed E-state index contributed by atoms with van der Waals surface area (Å²) in [5, 5.41) is 2.95. The van der Waals surface area contributed by atoms with E-state index in [9.17, 15) is 26.3 Å². The summed E-state index contributed by atoms with van der Waals surface area (Å²) in [6, 6.07) is 4.53. The maximum absolute atomic E-state index is 12.7. The largest absolute Gasteiger partial charge is 0.416 e. The Balaban J connectivity index is 1.93. The molecule has 0 heterocycles. The summed E-state index contributed by atoms with van der Waals surface area (Å²) < 4.78 is 75.9. The molecule has 7 heteroatoms. The summed E-state index contributed by atoms with van der Waals surface area (Å²) in [5.74, 6) is -1.32. The molecule has 124 valence electrons. The lowest BCUT2D eigenvalue weighted by molar-refractivity contribution is -0.183. The Kier molecular flexibility index (Phi) is 5.04. The van der Waals surface area contributed by atoms with Crippen LogP contribution in [0, 0.1) is 5.92 Å². The topological polar surface area (TPSA) is 12.0 Å². The van der Waals surface area contributed by atoms with Crippen molar-refractivity contribution in [1.29, 1.82) is 0 Å². The van der Waals surface area contributed by atoms with E-state index in [0.29, 0.717) is 18.4 Å². The Bertz CT molecular complexity index is 494. The van der Waals surface area contributed by atoms with Gasteiger partial charge < -0.3 is 5.32 Å². The van der Waals surface area contributed by atoms with Crippen molar-refractivity contribution in [3.05, 3.63) is 35.4 Å². The van der Waals surface area contributed by atoms with Gasteiger partial charge >= 0.3 is 12.4 Å². The minimum atomic E-state index is -4.41. The molecule has 0 aliphatic heterocycles. The van der Waals surface area contributed by atoms with Crippen molar-refractivity contribution >= 4 is 0 Å². The van der Waals surface area contributed by atoms with Gasteiger partial charge in [0.2, 0.25) is 0 Å². The van der Waals surface area contributed by atoms with Crippen LogP contribution in [0.3, 0.4) is 0 Å². The van der Waals surface area contributed by atoms with E-state index in [-0.39, 0.29) is 25.4 Å². The Hall–Kier alpha value is -1.24. The van der Waals surface area contributed by atoms with E-state index < -0.39 is 23.8 Å². The predicted molar refractivity (Wildman–Crippen MR) is 70.1 cm³/mol. The number of hydrogen-bond acceptors (Lipinski definition) is 1. The van der Waals surface area contributed by atoms with Crippen molar-refractivity contribution < 1.29 is 26.3 Å². The van der Waals surface area contributed by atoms with E-state index in [4.69, 9.17) is 0 Å². The molecule has 2 unspecified atom stereocenters. The quantitative estimate of drug-likeness (QED) is 0.778. The normalized spacial score (nSPS) is 23.5. The molecule has 2 atom stereocenters. The first-order valence-electron chi connectivity index (χ1n) is 7.12. The van der Waals surface area contributed by atoms with Crippen LogP contribution < -0.4 is 5.32 Å². The summed E-state index contributed by atoms with van der Waals surface area (Å²) in [4.78, 5) is 0. The number of halogens is 6. The minimum absolute atomic E-state index is 0.0114. The summed E-state index contributed by atoms with van der Waals surface area (Å²) >= 11 is 0. The highest BCUT2D eigenvalue weighted by molar-refractivity contribution is 5.25. The third-order valence-corrected chi connectivity index (χ3v) is 3.99. The molecule has 1 nitrogen and oxygen atoms in total. The summed E-state index contributed by atoms with van der Waals surface area (Å²) in [6.45, 7) is 0.138. The molecule has 0 saturated heterocycles. The van der Waals surface area contributed by atoms with Gasteiger partial charge in [-0.1, -0.05) is 24.6 Å². The SMILES string of the molecule is FC(F)(F)c1cccc(CNC2CCCC(C(F)(F)F)C2)c1. The first kappa shape index (κ1) is 17.1. The van der Waals surface area contributed by atoms with Crippen LogP contribution in [0.15, 0.2) is 24.3 Å². The summed E-state index contributed by atoms with van der Waals surface area (Å²) in [6.07, 6.45) is -7.40. The zero-order valence-electron chi connectivity index (χ0n) is 11.8. The van der Waals surface area contributed by atoms with E-state index in [0.717, 1.165) is 12.1 Å². The summed E-state index contributed by atoms with van der Waals surface area (Å²) in [7, 11) is 0. The van der Waals surface area contributed by atoms with Crippen LogP contribution in [0.5, 0.6) is 0 Å². The van der Waals surface area contributed by atoms with Gasteiger partial charge in [-0.2, -0.15) is 26.3 Å². The lowest BCUT2D eigenvalue weighted by atomic mass is 9.85. The van der Waals surface area contributed by atoms with Crippen molar-refractivity contribution in [2.75, 3.05) is 0 Å². The van der Waals surface area contributed by atoms with Crippen LogP contribution in [0.1, 0.15) is 36.8 Å². The number of alkyl halides is 6. The van der Waals surface area contributed by atoms with Crippen molar-refractivity contribution in [2.24, 2.45) is 5.92 Å². The van der Waals surface area contributed by atoms with E-state index >= 15 is 0 Å². The molecule has 0 radical (unpaired) electrons. The molecule has 1 aromatic carbocycles. The van der Waals surface area contributed by atoms with Crippen LogP contribution in [0.2, 0.25) is 0 Å². The van der Waals surface area contributed by atoms with Gasteiger partial charge in [-0.3, -0.25) is 0 Å². The number of benzene rings is 1. The Labute approximate surface area is 124 Å². The van der Waals surface area contributed by atoms with E-state index in [1.54, 1.807) is 0 Å². The molecule has 1 aliphatic rings. The molecule has 0 amide bonds. The molecule has 0 bridgehead atoms. The molecule has 1 N–H and O–H groups in total. The van der Waals surface area contributed by atoms with Gasteiger partial charge in [0.1, 0.15) is 0 Å². The second-order valence-electron chi connectivity index (χ2n) is 5.68. The average Bonchev–Trinajstić information content (AvgIpc) is 2.44. The van der Waals surface area contributed by atoms with Gasteiger partial charge in [0.15, 0.2) is 0 Å². The molecule has 2 rings (SSSR count). The van der Waals surface area contributed by atoms with E-state index in [1.807, 2.05) is 0 Å². The van der Waals surface area contributed by atoms with E-state index in [1.165, 1.54) is 12.1 Å². The fourth-order valence-corrected chi connectivity index (χ4v) is 2.79. The van der Waals surface area contributed by atoms with Gasteiger partial charge in [-0.15, -0.1) is 0 Å². The lowest BCUT2D eigenvalue weighted by Crippen LogP contribution is -2.38. The second-order valence-corrected chi connectivity index (χ2v) is 5.68. The molecule has 1 aliphatic carbocycles. The molecule has 1 aromatic rings. The molecule has 22 heavy (non-hydrogen) atoms. The van der Waals surface area contributed by atoms with Crippen molar-refractivity contribution in [1.82, 2.24) is 5.32 Å². The van der Waals surface area contributed by atoms with Crippen molar-refractivity contribution in [2.45, 2.75) is 50.6 Å². The number of rotatable bonds is 3. The lowest BCUT2D eigenvalue weighted by Gasteiger charge is -2.31. The third-order valence-electron chi connectivity index (χ3n) is 3.99.